The number of nitrogens with zero attached hydrogens (tertiary/aromatic N) is 4. The number of aryl methyl sites for hydroxylation is 2. The van der Waals surface area contributed by atoms with Crippen molar-refractivity contribution in [3.05, 3.63) is 169 Å². The van der Waals surface area contributed by atoms with E-state index in [9.17, 15) is 0 Å². The molecule has 0 fully saturated rings. The second kappa shape index (κ2) is 16.3. The molecule has 4 aromatic carbocycles. The molecule has 0 atom stereocenters. The number of benzene rings is 4. The zero-order valence-corrected chi connectivity index (χ0v) is 30.1. The van der Waals surface area contributed by atoms with Crippen molar-refractivity contribution < 1.29 is 44.8 Å². The number of rotatable bonds is 2. The van der Waals surface area contributed by atoms with E-state index < -0.39 is 0 Å². The molecular weight excluding hydrogens is 942 g/mol. The van der Waals surface area contributed by atoms with Crippen molar-refractivity contribution in [1.82, 2.24) is 19.1 Å². The fraction of sp³-hybridized carbons (Fsp3) is 0.0732. The van der Waals surface area contributed by atoms with Crippen LogP contribution in [0.25, 0.3) is 43.6 Å². The third-order valence-electron chi connectivity index (χ3n) is 7.95. The van der Waals surface area contributed by atoms with E-state index in [4.69, 9.17) is 12.8 Å². The Morgan fingerprint density at radius 3 is 1.53 bits per heavy atom. The van der Waals surface area contributed by atoms with Gasteiger partial charge in [-0.25, -0.2) is 0 Å². The maximum Gasteiger partial charge on any atom is 1.00 e. The van der Waals surface area contributed by atoms with Crippen LogP contribution in [0.15, 0.2) is 134 Å². The predicted molar refractivity (Wildman–Crippen MR) is 185 cm³/mol. The molecule has 6 heteroatoms. The van der Waals surface area contributed by atoms with Gasteiger partial charge in [0.25, 0.3) is 0 Å². The van der Waals surface area contributed by atoms with Crippen LogP contribution < -0.4 is 0 Å². The molecule has 0 N–H and O–H groups in total. The first-order valence-corrected chi connectivity index (χ1v) is 14.7. The van der Waals surface area contributed by atoms with Gasteiger partial charge in [0.15, 0.2) is 0 Å². The van der Waals surface area contributed by atoms with Gasteiger partial charge in [-0.15, -0.1) is 35.4 Å². The summed E-state index contributed by atoms with van der Waals surface area (Å²) in [7, 11) is 4.14. The fourth-order valence-electron chi connectivity index (χ4n) is 5.71. The van der Waals surface area contributed by atoms with Crippen molar-refractivity contribution in [3.63, 3.8) is 0 Å². The van der Waals surface area contributed by atoms with Gasteiger partial charge in [0.2, 0.25) is 0 Å². The van der Waals surface area contributed by atoms with E-state index in [2.05, 4.69) is 75.4 Å². The van der Waals surface area contributed by atoms with Gasteiger partial charge >= 0.3 is 44.8 Å². The standard InChI is InChI=1S/2C15H10N.C11H10N2.2Au/c2*1-3-11-8-9-15-13(10-11)12-6-4-5-7-14(12)16(15)2;1-2-7-13-11(5-1)8-10-4-3-6-12-9-10;;/h2*4-10H,2H3;1-7,9H,8H2;;/q2*-1;;2*+1. The molecule has 0 saturated carbocycles. The van der Waals surface area contributed by atoms with Crippen LogP contribution in [-0.4, -0.2) is 19.1 Å². The van der Waals surface area contributed by atoms with Crippen LogP contribution in [0, 0.1) is 24.7 Å². The Morgan fingerprint density at radius 1 is 0.553 bits per heavy atom. The Balaban J connectivity index is 0.000000157. The number of pyridine rings is 2. The maximum atomic E-state index is 7.18. The van der Waals surface area contributed by atoms with Gasteiger partial charge in [0, 0.05) is 77.6 Å². The Kier molecular flexibility index (Phi) is 12.2. The van der Waals surface area contributed by atoms with Gasteiger partial charge in [-0.05, 0) is 46.7 Å². The summed E-state index contributed by atoms with van der Waals surface area (Å²) >= 11 is 0. The summed E-state index contributed by atoms with van der Waals surface area (Å²) in [5.74, 6) is 4.87. The Hall–Kier alpha value is -4.62. The third-order valence-corrected chi connectivity index (χ3v) is 7.95. The first kappa shape index (κ1) is 35.2. The molecule has 0 aliphatic rings. The molecule has 0 aliphatic carbocycles. The van der Waals surface area contributed by atoms with Crippen molar-refractivity contribution in [2.24, 2.45) is 14.1 Å². The summed E-state index contributed by atoms with van der Waals surface area (Å²) in [5.41, 5.74) is 8.75. The number of aromatic nitrogens is 4. The van der Waals surface area contributed by atoms with Crippen molar-refractivity contribution in [3.8, 4) is 11.8 Å². The number of hydrogen-bond acceptors (Lipinski definition) is 2. The monoisotopic (exact) mass is 972 g/mol. The van der Waals surface area contributed by atoms with E-state index in [1.807, 2.05) is 97.3 Å². The SMILES string of the molecule is [Au+].[Au+].[C-]#Cc1ccc2c(c1)c1ccccc1n2C.[C-]#Cc1ccc2c(c1)c1ccccc1n2C.c1ccc(Cc2cccnc2)nc1. The Morgan fingerprint density at radius 2 is 1.06 bits per heavy atom. The van der Waals surface area contributed by atoms with Crippen LogP contribution in [0.1, 0.15) is 22.4 Å². The third kappa shape index (κ3) is 7.69. The number of hydrogen-bond donors (Lipinski definition) is 0. The normalized spacial score (nSPS) is 10.0. The second-order valence-electron chi connectivity index (χ2n) is 10.7. The average molecular weight is 973 g/mol. The molecule has 236 valence electrons. The van der Waals surface area contributed by atoms with Crippen molar-refractivity contribution in [2.45, 2.75) is 6.42 Å². The van der Waals surface area contributed by atoms with Crippen LogP contribution >= 0.6 is 0 Å². The zero-order valence-electron chi connectivity index (χ0n) is 25.8. The predicted octanol–water partition coefficient (Wildman–Crippen LogP) is 8.60. The Labute approximate surface area is 306 Å². The van der Waals surface area contributed by atoms with E-state index in [-0.39, 0.29) is 44.8 Å². The molecule has 47 heavy (non-hydrogen) atoms. The summed E-state index contributed by atoms with van der Waals surface area (Å²) in [6, 6.07) is 38.6. The molecule has 0 amide bonds. The van der Waals surface area contributed by atoms with Gasteiger partial charge in [-0.1, -0.05) is 60.7 Å². The smallest absolute Gasteiger partial charge is 0.366 e. The topological polar surface area (TPSA) is 35.6 Å². The van der Waals surface area contributed by atoms with E-state index in [0.717, 1.165) is 23.2 Å². The van der Waals surface area contributed by atoms with Gasteiger partial charge < -0.3 is 22.0 Å². The fourth-order valence-corrected chi connectivity index (χ4v) is 5.71. The molecular formula is C41H30Au2N4. The summed E-state index contributed by atoms with van der Waals surface area (Å²) in [6.45, 7) is 0. The molecule has 0 aliphatic heterocycles. The van der Waals surface area contributed by atoms with Gasteiger partial charge in [0.1, 0.15) is 0 Å². The molecule has 4 nitrogen and oxygen atoms in total. The van der Waals surface area contributed by atoms with Crippen LogP contribution in [0.3, 0.4) is 0 Å². The minimum absolute atomic E-state index is 0. The van der Waals surface area contributed by atoms with Crippen LogP contribution in [0.5, 0.6) is 0 Å². The largest absolute Gasteiger partial charge is 1.00 e. The molecule has 0 unspecified atom stereocenters. The van der Waals surface area contributed by atoms with Crippen LogP contribution in [0.4, 0.5) is 0 Å². The van der Waals surface area contributed by atoms with Crippen LogP contribution in [0.2, 0.25) is 0 Å². The quantitative estimate of drug-likeness (QED) is 0.0990. The van der Waals surface area contributed by atoms with Crippen LogP contribution in [-0.2, 0) is 65.3 Å². The first-order chi connectivity index (χ1) is 22.1. The van der Waals surface area contributed by atoms with Gasteiger partial charge in [-0.3, -0.25) is 21.8 Å². The number of fused-ring (bicyclic) bond motifs is 6. The minimum atomic E-state index is 0. The summed E-state index contributed by atoms with van der Waals surface area (Å²) in [5, 5.41) is 4.85. The molecule has 8 rings (SSSR count). The van der Waals surface area contributed by atoms with Gasteiger partial charge in [-0.2, -0.15) is 0 Å². The summed E-state index contributed by atoms with van der Waals surface area (Å²) < 4.78 is 4.36. The average Bonchev–Trinajstić information content (AvgIpc) is 3.56. The first-order valence-electron chi connectivity index (χ1n) is 14.7. The second-order valence-corrected chi connectivity index (χ2v) is 10.7. The summed E-state index contributed by atoms with van der Waals surface area (Å²) in [4.78, 5) is 8.30. The minimum Gasteiger partial charge on any atom is -0.366 e. The molecule has 4 heterocycles. The molecule has 4 aromatic heterocycles. The summed E-state index contributed by atoms with van der Waals surface area (Å²) in [6.07, 6.45) is 20.7. The van der Waals surface area contributed by atoms with Crippen molar-refractivity contribution in [1.29, 1.82) is 0 Å². The van der Waals surface area contributed by atoms with E-state index in [0.29, 0.717) is 0 Å². The van der Waals surface area contributed by atoms with E-state index in [1.54, 1.807) is 6.20 Å². The van der Waals surface area contributed by atoms with Gasteiger partial charge in [0.05, 0.1) is 0 Å². The maximum absolute atomic E-state index is 7.18. The van der Waals surface area contributed by atoms with Crippen molar-refractivity contribution in [2.75, 3.05) is 0 Å². The molecule has 0 spiro atoms. The van der Waals surface area contributed by atoms with E-state index in [1.165, 1.54) is 49.2 Å². The molecule has 0 radical (unpaired) electrons. The molecule has 8 aromatic rings. The number of para-hydroxylation sites is 2. The zero-order chi connectivity index (χ0) is 31.2. The Bertz CT molecular complexity index is 2170. The molecule has 0 bridgehead atoms. The molecule has 0 saturated heterocycles. The van der Waals surface area contributed by atoms with E-state index >= 15 is 0 Å². The van der Waals surface area contributed by atoms with Crippen molar-refractivity contribution >= 4 is 43.6 Å².